The minimum Gasteiger partial charge on any atom is -0.493 e. The number of unbranched alkanes of at least 4 members (excludes halogenated alkanes) is 1. The zero-order valence-corrected chi connectivity index (χ0v) is 16.8. The zero-order chi connectivity index (χ0) is 18.2. The number of allylic oxidation sites excluding steroid dienone is 1. The Kier molecular flexibility index (Phi) is 7.65. The van der Waals surface area contributed by atoms with Gasteiger partial charge in [0.1, 0.15) is 5.75 Å². The van der Waals surface area contributed by atoms with Gasteiger partial charge in [0.25, 0.3) is 0 Å². The number of hydrogen-bond acceptors (Lipinski definition) is 1. The van der Waals surface area contributed by atoms with Crippen molar-refractivity contribution in [3.05, 3.63) is 42.5 Å². The van der Waals surface area contributed by atoms with Crippen LogP contribution in [0.25, 0.3) is 0 Å². The van der Waals surface area contributed by atoms with Crippen molar-refractivity contribution in [3.63, 3.8) is 0 Å². The molecule has 2 fully saturated rings. The molecule has 1 aromatic rings. The summed E-state index contributed by atoms with van der Waals surface area (Å²) in [5, 5.41) is 0. The summed E-state index contributed by atoms with van der Waals surface area (Å²) in [6.45, 7) is 7.20. The molecule has 0 amide bonds. The maximum atomic E-state index is 6.38. The predicted molar refractivity (Wildman–Crippen MR) is 112 cm³/mol. The van der Waals surface area contributed by atoms with Crippen molar-refractivity contribution in [3.8, 4) is 5.75 Å². The van der Waals surface area contributed by atoms with Gasteiger partial charge in [-0.25, -0.2) is 0 Å². The first-order valence-electron chi connectivity index (χ1n) is 11.1. The van der Waals surface area contributed by atoms with E-state index in [-0.39, 0.29) is 0 Å². The van der Waals surface area contributed by atoms with Crippen molar-refractivity contribution in [1.29, 1.82) is 0 Å². The van der Waals surface area contributed by atoms with Gasteiger partial charge in [-0.15, -0.1) is 6.58 Å². The number of rotatable bonds is 8. The van der Waals surface area contributed by atoms with E-state index in [0.29, 0.717) is 5.92 Å². The van der Waals surface area contributed by atoms with Gasteiger partial charge in [-0.2, -0.15) is 0 Å². The molecule has 26 heavy (non-hydrogen) atoms. The molecule has 2 saturated carbocycles. The van der Waals surface area contributed by atoms with E-state index in [1.807, 2.05) is 0 Å². The largest absolute Gasteiger partial charge is 0.493 e. The van der Waals surface area contributed by atoms with E-state index in [2.05, 4.69) is 43.8 Å². The number of hydrogen-bond donors (Lipinski definition) is 0. The summed E-state index contributed by atoms with van der Waals surface area (Å²) >= 11 is 0. The van der Waals surface area contributed by atoms with Crippen molar-refractivity contribution < 1.29 is 4.74 Å². The molecule has 2 aliphatic rings. The van der Waals surface area contributed by atoms with Gasteiger partial charge in [-0.05, 0) is 73.8 Å². The van der Waals surface area contributed by atoms with Crippen molar-refractivity contribution in [1.82, 2.24) is 0 Å². The van der Waals surface area contributed by atoms with E-state index in [4.69, 9.17) is 4.74 Å². The van der Waals surface area contributed by atoms with Gasteiger partial charge in [0.2, 0.25) is 0 Å². The van der Waals surface area contributed by atoms with Crippen LogP contribution in [0.15, 0.2) is 36.9 Å². The Balaban J connectivity index is 1.49. The van der Waals surface area contributed by atoms with Crippen molar-refractivity contribution >= 4 is 0 Å². The van der Waals surface area contributed by atoms with Crippen molar-refractivity contribution in [2.45, 2.75) is 83.5 Å². The van der Waals surface area contributed by atoms with E-state index in [9.17, 15) is 0 Å². The van der Waals surface area contributed by atoms with Crippen LogP contribution in [0.3, 0.4) is 0 Å². The molecule has 0 radical (unpaired) electrons. The summed E-state index contributed by atoms with van der Waals surface area (Å²) in [6, 6.07) is 8.81. The van der Waals surface area contributed by atoms with Gasteiger partial charge < -0.3 is 4.74 Å². The van der Waals surface area contributed by atoms with Crippen LogP contribution in [-0.2, 0) is 0 Å². The van der Waals surface area contributed by atoms with E-state index in [1.54, 1.807) is 0 Å². The Morgan fingerprint density at radius 2 is 1.65 bits per heavy atom. The molecule has 0 aromatic heterocycles. The highest BCUT2D eigenvalue weighted by Crippen LogP contribution is 2.40. The first kappa shape index (κ1) is 19.5. The summed E-state index contributed by atoms with van der Waals surface area (Å²) < 4.78 is 6.38. The van der Waals surface area contributed by atoms with E-state index in [0.717, 1.165) is 30.1 Å². The van der Waals surface area contributed by atoms with Crippen LogP contribution in [0.4, 0.5) is 0 Å². The highest BCUT2D eigenvalue weighted by atomic mass is 16.5. The zero-order valence-electron chi connectivity index (χ0n) is 16.8. The third-order valence-electron chi connectivity index (χ3n) is 6.87. The van der Waals surface area contributed by atoms with Gasteiger partial charge in [-0.3, -0.25) is 0 Å². The van der Waals surface area contributed by atoms with Crippen LogP contribution in [-0.4, -0.2) is 6.61 Å². The van der Waals surface area contributed by atoms with Crippen LogP contribution in [0.2, 0.25) is 0 Å². The second-order valence-electron chi connectivity index (χ2n) is 8.73. The lowest BCUT2D eigenvalue weighted by molar-refractivity contribution is 0.176. The van der Waals surface area contributed by atoms with Crippen molar-refractivity contribution in [2.75, 3.05) is 6.61 Å². The Bertz CT molecular complexity index is 533. The Morgan fingerprint density at radius 1 is 0.962 bits per heavy atom. The second kappa shape index (κ2) is 10.2. The summed E-state index contributed by atoms with van der Waals surface area (Å²) in [7, 11) is 0. The van der Waals surface area contributed by atoms with E-state index in [1.165, 1.54) is 76.2 Å². The molecule has 0 saturated heterocycles. The predicted octanol–water partition coefficient (Wildman–Crippen LogP) is 7.52. The number of ether oxygens (including phenoxy) is 1. The Hall–Kier alpha value is -1.24. The molecule has 1 heteroatoms. The van der Waals surface area contributed by atoms with Crippen LogP contribution < -0.4 is 4.74 Å². The van der Waals surface area contributed by atoms with Crippen LogP contribution in [0, 0.1) is 17.8 Å². The summed E-state index contributed by atoms with van der Waals surface area (Å²) in [5.41, 5.74) is 1.45. The summed E-state index contributed by atoms with van der Waals surface area (Å²) in [5.74, 6) is 4.30. The smallest absolute Gasteiger partial charge is 0.122 e. The molecule has 1 nitrogen and oxygen atoms in total. The fourth-order valence-electron chi connectivity index (χ4n) is 5.00. The highest BCUT2D eigenvalue weighted by molar-refractivity contribution is 5.36. The molecule has 1 aromatic carbocycles. The lowest BCUT2D eigenvalue weighted by Gasteiger charge is -2.30. The lowest BCUT2D eigenvalue weighted by atomic mass is 9.78. The van der Waals surface area contributed by atoms with E-state index >= 15 is 0 Å². The van der Waals surface area contributed by atoms with Crippen LogP contribution in [0.5, 0.6) is 5.75 Å². The lowest BCUT2D eigenvalue weighted by Crippen LogP contribution is -2.21. The second-order valence-corrected chi connectivity index (χ2v) is 8.73. The third kappa shape index (κ3) is 5.38. The average molecular weight is 355 g/mol. The minimum atomic E-state index is 0.673. The summed E-state index contributed by atoms with van der Waals surface area (Å²) in [4.78, 5) is 0. The minimum absolute atomic E-state index is 0.673. The molecule has 0 atom stereocenters. The molecule has 0 N–H and O–H groups in total. The molecular formula is C25H38O. The first-order valence-corrected chi connectivity index (χ1v) is 11.1. The van der Waals surface area contributed by atoms with Crippen LogP contribution >= 0.6 is 0 Å². The summed E-state index contributed by atoms with van der Waals surface area (Å²) in [6.07, 6.45) is 17.0. The van der Waals surface area contributed by atoms with Gasteiger partial charge in [0.15, 0.2) is 0 Å². The highest BCUT2D eigenvalue weighted by Gasteiger charge is 2.24. The maximum absolute atomic E-state index is 6.38. The maximum Gasteiger partial charge on any atom is 0.122 e. The fraction of sp³-hybridized carbons (Fsp3) is 0.680. The normalized spacial score (nSPS) is 29.3. The molecule has 0 aliphatic heterocycles. The monoisotopic (exact) mass is 354 g/mol. The number of para-hydroxylation sites is 1. The standard InChI is InChI=1S/C25H38O/c1-3-5-8-21-11-13-22(14-12-21)19-26-25-10-7-6-9-24(25)23-17-15-20(4-2)16-18-23/h4,6-7,9-10,20-23H,2-3,5,8,11-19H2,1H3. The van der Waals surface area contributed by atoms with Crippen LogP contribution in [0.1, 0.15) is 89.0 Å². The van der Waals surface area contributed by atoms with E-state index < -0.39 is 0 Å². The first-order chi connectivity index (χ1) is 12.8. The van der Waals surface area contributed by atoms with Gasteiger partial charge in [-0.1, -0.05) is 63.3 Å². The molecule has 0 spiro atoms. The average Bonchev–Trinajstić information content (AvgIpc) is 2.72. The number of benzene rings is 1. The topological polar surface area (TPSA) is 9.23 Å². The molecule has 0 heterocycles. The molecule has 0 unspecified atom stereocenters. The van der Waals surface area contributed by atoms with Gasteiger partial charge in [0.05, 0.1) is 6.61 Å². The molecule has 0 bridgehead atoms. The molecular weight excluding hydrogens is 316 g/mol. The van der Waals surface area contributed by atoms with Gasteiger partial charge in [0, 0.05) is 0 Å². The third-order valence-corrected chi connectivity index (χ3v) is 6.87. The Morgan fingerprint density at radius 3 is 2.35 bits per heavy atom. The fourth-order valence-corrected chi connectivity index (χ4v) is 5.00. The Labute approximate surface area is 161 Å². The van der Waals surface area contributed by atoms with Crippen molar-refractivity contribution in [2.24, 2.45) is 17.8 Å². The quantitative estimate of drug-likeness (QED) is 0.439. The molecule has 3 rings (SSSR count). The molecule has 2 aliphatic carbocycles. The molecule has 144 valence electrons. The van der Waals surface area contributed by atoms with Gasteiger partial charge >= 0.3 is 0 Å². The SMILES string of the molecule is C=CC1CCC(c2ccccc2OCC2CCC(CCCC)CC2)CC1.